The predicted molar refractivity (Wildman–Crippen MR) is 137 cm³/mol. The lowest BCUT2D eigenvalue weighted by Crippen LogP contribution is -2.51. The highest BCUT2D eigenvalue weighted by atomic mass is 32.1. The smallest absolute Gasteiger partial charge is 0.330 e. The topological polar surface area (TPSA) is 138 Å². The van der Waals surface area contributed by atoms with Crippen molar-refractivity contribution in [3.63, 3.8) is 0 Å². The van der Waals surface area contributed by atoms with Gasteiger partial charge in [-0.1, -0.05) is 12.1 Å². The Morgan fingerprint density at radius 1 is 1.31 bits per heavy atom. The van der Waals surface area contributed by atoms with Gasteiger partial charge in [0.25, 0.3) is 0 Å². The van der Waals surface area contributed by atoms with E-state index in [1.54, 1.807) is 6.08 Å². The summed E-state index contributed by atoms with van der Waals surface area (Å²) in [4.78, 5) is 38.5. The van der Waals surface area contributed by atoms with E-state index < -0.39 is 17.6 Å². The Morgan fingerprint density at radius 3 is 2.86 bits per heavy atom. The van der Waals surface area contributed by atoms with Crippen LogP contribution >= 0.6 is 11.3 Å². The van der Waals surface area contributed by atoms with E-state index in [0.717, 1.165) is 16.0 Å². The number of amides is 1. The molecule has 1 saturated carbocycles. The standard InChI is InChI=1S/C25H28N6O4S/c1-4-14-11-25(14,24(33)34)31-22(32)18-10-15(12-26-18)35-23-20-16(8-9-36-20)29-21(30-23)17-6-5-7-19(28-17)27-13(2)3/h4-9,13-15,18,26H,1,10-12H2,2-3H3,(H,27,28)(H,31,32)(H,33,34)/t14-,15-,18+,25-/m1/s1. The minimum Gasteiger partial charge on any atom is -0.479 e. The molecule has 3 aromatic rings. The van der Waals surface area contributed by atoms with Crippen LogP contribution < -0.4 is 20.7 Å². The number of hydrogen-bond donors (Lipinski definition) is 4. The lowest BCUT2D eigenvalue weighted by Gasteiger charge is -2.18. The van der Waals surface area contributed by atoms with Crippen LogP contribution in [0.25, 0.3) is 21.7 Å². The van der Waals surface area contributed by atoms with E-state index >= 15 is 0 Å². The molecule has 11 heteroatoms. The average Bonchev–Trinajstić information content (AvgIpc) is 3.15. The zero-order valence-electron chi connectivity index (χ0n) is 20.0. The van der Waals surface area contributed by atoms with E-state index in [1.165, 1.54) is 11.3 Å². The average molecular weight is 509 g/mol. The fourth-order valence-electron chi connectivity index (χ4n) is 4.44. The molecule has 1 amide bonds. The van der Waals surface area contributed by atoms with Crippen LogP contribution in [0.1, 0.15) is 26.7 Å². The molecule has 0 unspecified atom stereocenters. The maximum atomic E-state index is 12.8. The molecule has 0 radical (unpaired) electrons. The monoisotopic (exact) mass is 508 g/mol. The molecule has 0 spiro atoms. The quantitative estimate of drug-likeness (QED) is 0.321. The van der Waals surface area contributed by atoms with E-state index in [4.69, 9.17) is 4.74 Å². The maximum absolute atomic E-state index is 12.8. The first kappa shape index (κ1) is 24.1. The third kappa shape index (κ3) is 4.63. The third-order valence-corrected chi connectivity index (χ3v) is 7.29. The molecule has 1 aliphatic carbocycles. The summed E-state index contributed by atoms with van der Waals surface area (Å²) < 4.78 is 7.08. The van der Waals surface area contributed by atoms with Crippen molar-refractivity contribution in [3.8, 4) is 17.4 Å². The van der Waals surface area contributed by atoms with Crippen LogP contribution in [0.3, 0.4) is 0 Å². The molecule has 36 heavy (non-hydrogen) atoms. The maximum Gasteiger partial charge on any atom is 0.330 e. The number of carboxylic acid groups (broad SMARTS) is 1. The number of nitrogens with zero attached hydrogens (tertiary/aromatic N) is 3. The normalized spacial score (nSPS) is 25.0. The van der Waals surface area contributed by atoms with Crippen molar-refractivity contribution in [1.29, 1.82) is 0 Å². The van der Waals surface area contributed by atoms with Gasteiger partial charge in [-0.05, 0) is 43.8 Å². The number of thiophene rings is 1. The molecule has 4 N–H and O–H groups in total. The molecular formula is C25H28N6O4S. The fourth-order valence-corrected chi connectivity index (χ4v) is 5.20. The van der Waals surface area contributed by atoms with Crippen molar-refractivity contribution in [2.24, 2.45) is 5.92 Å². The Labute approximate surface area is 212 Å². The van der Waals surface area contributed by atoms with Crippen LogP contribution in [0, 0.1) is 5.92 Å². The highest BCUT2D eigenvalue weighted by molar-refractivity contribution is 7.17. The van der Waals surface area contributed by atoms with Crippen molar-refractivity contribution < 1.29 is 19.4 Å². The number of carbonyl (C=O) groups is 2. The SMILES string of the molecule is C=C[C@@H]1C[C@]1(NC(=O)[C@@H]1C[C@@H](Oc2nc(-c3cccc(NC(C)C)n3)nc3ccsc23)CN1)C(=O)O. The van der Waals surface area contributed by atoms with Crippen LogP contribution in [-0.4, -0.2) is 62.2 Å². The summed E-state index contributed by atoms with van der Waals surface area (Å²) >= 11 is 1.48. The molecular weight excluding hydrogens is 480 g/mol. The van der Waals surface area contributed by atoms with E-state index in [2.05, 4.69) is 37.5 Å². The largest absolute Gasteiger partial charge is 0.479 e. The molecule has 2 fully saturated rings. The number of aliphatic carboxylic acids is 1. The molecule has 4 heterocycles. The van der Waals surface area contributed by atoms with Crippen LogP contribution in [0.2, 0.25) is 0 Å². The number of hydrogen-bond acceptors (Lipinski definition) is 9. The molecule has 0 aromatic carbocycles. The lowest BCUT2D eigenvalue weighted by atomic mass is 10.1. The van der Waals surface area contributed by atoms with Crippen LogP contribution in [0.15, 0.2) is 42.3 Å². The summed E-state index contributed by atoms with van der Waals surface area (Å²) in [6, 6.07) is 7.24. The van der Waals surface area contributed by atoms with Crippen molar-refractivity contribution in [2.45, 2.75) is 50.4 Å². The highest BCUT2D eigenvalue weighted by Gasteiger charge is 2.60. The van der Waals surface area contributed by atoms with Gasteiger partial charge in [0.2, 0.25) is 11.8 Å². The molecule has 188 valence electrons. The second kappa shape index (κ2) is 9.47. The molecule has 0 bridgehead atoms. The zero-order valence-corrected chi connectivity index (χ0v) is 20.8. The van der Waals surface area contributed by atoms with Crippen molar-refractivity contribution in [3.05, 3.63) is 42.3 Å². The first-order valence-corrected chi connectivity index (χ1v) is 12.7. The summed E-state index contributed by atoms with van der Waals surface area (Å²) in [5.41, 5.74) is 0.133. The van der Waals surface area contributed by atoms with Gasteiger partial charge in [0, 0.05) is 24.9 Å². The third-order valence-electron chi connectivity index (χ3n) is 6.40. The van der Waals surface area contributed by atoms with Gasteiger partial charge in [-0.25, -0.2) is 14.8 Å². The predicted octanol–water partition coefficient (Wildman–Crippen LogP) is 2.83. The van der Waals surface area contributed by atoms with Gasteiger partial charge in [0.1, 0.15) is 27.9 Å². The first-order chi connectivity index (χ1) is 17.3. The molecule has 3 aromatic heterocycles. The van der Waals surface area contributed by atoms with Crippen LogP contribution in [0.4, 0.5) is 5.82 Å². The molecule has 4 atom stereocenters. The Kier molecular flexibility index (Phi) is 6.35. The number of nitrogens with one attached hydrogen (secondary N) is 3. The summed E-state index contributed by atoms with van der Waals surface area (Å²) in [6.07, 6.45) is 2.00. The molecule has 1 aliphatic heterocycles. The van der Waals surface area contributed by atoms with E-state index in [1.807, 2.05) is 43.5 Å². The molecule has 1 saturated heterocycles. The van der Waals surface area contributed by atoms with Gasteiger partial charge in [0.15, 0.2) is 5.82 Å². The Balaban J connectivity index is 1.32. The molecule has 10 nitrogen and oxygen atoms in total. The van der Waals surface area contributed by atoms with Gasteiger partial charge < -0.3 is 25.8 Å². The number of carbonyl (C=O) groups excluding carboxylic acids is 1. The van der Waals surface area contributed by atoms with Gasteiger partial charge >= 0.3 is 5.97 Å². The van der Waals surface area contributed by atoms with Crippen molar-refractivity contribution in [1.82, 2.24) is 25.6 Å². The Bertz CT molecular complexity index is 1330. The van der Waals surface area contributed by atoms with Crippen molar-refractivity contribution >= 4 is 39.2 Å². The van der Waals surface area contributed by atoms with Crippen molar-refractivity contribution in [2.75, 3.05) is 11.9 Å². The molecule has 5 rings (SSSR count). The first-order valence-electron chi connectivity index (χ1n) is 11.9. The van der Waals surface area contributed by atoms with E-state index in [9.17, 15) is 14.7 Å². The Hall–Kier alpha value is -3.57. The number of aromatic nitrogens is 3. The highest BCUT2D eigenvalue weighted by Crippen LogP contribution is 2.44. The molecule has 2 aliphatic rings. The summed E-state index contributed by atoms with van der Waals surface area (Å²) in [5, 5.41) is 20.6. The number of pyridine rings is 1. The van der Waals surface area contributed by atoms with E-state index in [0.29, 0.717) is 36.8 Å². The van der Waals surface area contributed by atoms with Crippen LogP contribution in [0.5, 0.6) is 5.88 Å². The van der Waals surface area contributed by atoms with Gasteiger partial charge in [-0.3, -0.25) is 4.79 Å². The zero-order chi connectivity index (χ0) is 25.4. The summed E-state index contributed by atoms with van der Waals surface area (Å²) in [6.45, 7) is 8.18. The minimum absolute atomic E-state index is 0.236. The van der Waals surface area contributed by atoms with Gasteiger partial charge in [-0.15, -0.1) is 17.9 Å². The number of fused-ring (bicyclic) bond motifs is 1. The number of ether oxygens (including phenoxy) is 1. The second-order valence-electron chi connectivity index (χ2n) is 9.44. The van der Waals surface area contributed by atoms with Gasteiger partial charge in [-0.2, -0.15) is 4.98 Å². The fraction of sp³-hybridized carbons (Fsp3) is 0.400. The number of anilines is 1. The minimum atomic E-state index is -1.25. The number of carboxylic acids is 1. The summed E-state index contributed by atoms with van der Waals surface area (Å²) in [5.74, 6) is -0.0188. The van der Waals surface area contributed by atoms with Gasteiger partial charge in [0.05, 0.1) is 11.6 Å². The Morgan fingerprint density at radius 2 is 2.14 bits per heavy atom. The number of rotatable bonds is 9. The summed E-state index contributed by atoms with van der Waals surface area (Å²) in [7, 11) is 0. The second-order valence-corrected chi connectivity index (χ2v) is 10.4. The van der Waals surface area contributed by atoms with Crippen LogP contribution in [-0.2, 0) is 9.59 Å². The van der Waals surface area contributed by atoms with E-state index in [-0.39, 0.29) is 24.0 Å². The lowest BCUT2D eigenvalue weighted by molar-refractivity contribution is -0.143.